The Hall–Kier alpha value is -1.14. The van der Waals surface area contributed by atoms with Gasteiger partial charge in [0.2, 0.25) is 0 Å². The molecule has 0 aliphatic rings. The Morgan fingerprint density at radius 2 is 1.00 bits per heavy atom. The third-order valence-corrected chi connectivity index (χ3v) is 2.31. The molecular formula is C12H24O6. The second-order valence-electron chi connectivity index (χ2n) is 4.82. The van der Waals surface area contributed by atoms with Gasteiger partial charge in [-0.05, 0) is 11.8 Å². The molecule has 0 bridgehead atoms. The first-order chi connectivity index (χ1) is 8.07. The summed E-state index contributed by atoms with van der Waals surface area (Å²) in [5.41, 5.74) is 0. The zero-order valence-electron chi connectivity index (χ0n) is 11.3. The van der Waals surface area contributed by atoms with Gasteiger partial charge >= 0.3 is 11.9 Å². The summed E-state index contributed by atoms with van der Waals surface area (Å²) < 4.78 is 0. The molecule has 0 aromatic carbocycles. The lowest BCUT2D eigenvalue weighted by molar-refractivity contribution is -0.140. The van der Waals surface area contributed by atoms with E-state index in [1.165, 1.54) is 0 Å². The third-order valence-electron chi connectivity index (χ3n) is 2.31. The number of carboxylic acid groups (broad SMARTS) is 2. The molecule has 0 saturated carbocycles. The molecule has 0 aliphatic carbocycles. The van der Waals surface area contributed by atoms with Gasteiger partial charge in [0, 0.05) is 0 Å². The minimum Gasteiger partial charge on any atom is -0.481 e. The standard InChI is InChI=1S/2C6H12O3/c2*1-4(2)5(7)3-6(8)9/h2*4-5,7H,3H2,1-2H3,(H,8,9). The van der Waals surface area contributed by atoms with Gasteiger partial charge in [-0.3, -0.25) is 9.59 Å². The van der Waals surface area contributed by atoms with Crippen LogP contribution in [0.3, 0.4) is 0 Å². The Labute approximate surface area is 107 Å². The topological polar surface area (TPSA) is 115 Å². The molecule has 2 unspecified atom stereocenters. The van der Waals surface area contributed by atoms with Crippen molar-refractivity contribution >= 4 is 11.9 Å². The van der Waals surface area contributed by atoms with Gasteiger partial charge in [0.05, 0.1) is 25.0 Å². The number of carbonyl (C=O) groups is 2. The number of aliphatic carboxylic acids is 2. The molecule has 0 spiro atoms. The normalized spacial score (nSPS) is 13.8. The Kier molecular flexibility index (Phi) is 10.5. The van der Waals surface area contributed by atoms with Gasteiger partial charge in [0.1, 0.15) is 0 Å². The van der Waals surface area contributed by atoms with Crippen LogP contribution in [0.2, 0.25) is 0 Å². The van der Waals surface area contributed by atoms with E-state index >= 15 is 0 Å². The zero-order valence-corrected chi connectivity index (χ0v) is 11.3. The molecular weight excluding hydrogens is 240 g/mol. The van der Waals surface area contributed by atoms with E-state index in [1.54, 1.807) is 27.7 Å². The molecule has 6 nitrogen and oxygen atoms in total. The molecule has 0 aromatic heterocycles. The predicted octanol–water partition coefficient (Wildman–Crippen LogP) is 0.956. The van der Waals surface area contributed by atoms with Gasteiger partial charge in [-0.2, -0.15) is 0 Å². The number of hydrogen-bond acceptors (Lipinski definition) is 4. The van der Waals surface area contributed by atoms with Gasteiger partial charge in [-0.15, -0.1) is 0 Å². The van der Waals surface area contributed by atoms with Crippen molar-refractivity contribution in [1.82, 2.24) is 0 Å². The molecule has 0 rings (SSSR count). The summed E-state index contributed by atoms with van der Waals surface area (Å²) in [4.78, 5) is 19.9. The van der Waals surface area contributed by atoms with Crippen LogP contribution in [0.4, 0.5) is 0 Å². The highest BCUT2D eigenvalue weighted by atomic mass is 16.4. The second kappa shape index (κ2) is 9.85. The van der Waals surface area contributed by atoms with Crippen LogP contribution in [0, 0.1) is 11.8 Å². The van der Waals surface area contributed by atoms with Crippen molar-refractivity contribution in [2.24, 2.45) is 11.8 Å². The average Bonchev–Trinajstić information content (AvgIpc) is 2.16. The molecule has 6 heteroatoms. The van der Waals surface area contributed by atoms with Crippen LogP contribution in [0.5, 0.6) is 0 Å². The quantitative estimate of drug-likeness (QED) is 0.568. The van der Waals surface area contributed by atoms with E-state index in [-0.39, 0.29) is 24.7 Å². The van der Waals surface area contributed by atoms with Crippen molar-refractivity contribution in [3.63, 3.8) is 0 Å². The van der Waals surface area contributed by atoms with Crippen molar-refractivity contribution in [2.75, 3.05) is 0 Å². The van der Waals surface area contributed by atoms with E-state index in [2.05, 4.69) is 0 Å². The zero-order chi connectivity index (χ0) is 14.9. The Bertz CT molecular complexity index is 223. The van der Waals surface area contributed by atoms with E-state index < -0.39 is 24.1 Å². The molecule has 108 valence electrons. The van der Waals surface area contributed by atoms with Crippen LogP contribution in [0.25, 0.3) is 0 Å². The fourth-order valence-electron chi connectivity index (χ4n) is 0.829. The largest absolute Gasteiger partial charge is 0.481 e. The van der Waals surface area contributed by atoms with Crippen molar-refractivity contribution in [3.05, 3.63) is 0 Å². The summed E-state index contributed by atoms with van der Waals surface area (Å²) in [6.45, 7) is 7.14. The Morgan fingerprint density at radius 1 is 0.778 bits per heavy atom. The Morgan fingerprint density at radius 3 is 1.06 bits per heavy atom. The van der Waals surface area contributed by atoms with Gasteiger partial charge in [0.25, 0.3) is 0 Å². The highest BCUT2D eigenvalue weighted by molar-refractivity contribution is 5.67. The molecule has 0 heterocycles. The van der Waals surface area contributed by atoms with Crippen molar-refractivity contribution < 1.29 is 30.0 Å². The fourth-order valence-corrected chi connectivity index (χ4v) is 0.829. The third kappa shape index (κ3) is 12.9. The summed E-state index contributed by atoms with van der Waals surface area (Å²) in [6, 6.07) is 0. The summed E-state index contributed by atoms with van der Waals surface area (Å²) >= 11 is 0. The molecule has 0 aliphatic heterocycles. The number of aliphatic hydroxyl groups excluding tert-OH is 2. The average molecular weight is 264 g/mol. The molecule has 2 atom stereocenters. The molecule has 4 N–H and O–H groups in total. The molecule has 0 amide bonds. The van der Waals surface area contributed by atoms with Crippen LogP contribution in [0.1, 0.15) is 40.5 Å². The monoisotopic (exact) mass is 264 g/mol. The maximum atomic E-state index is 9.95. The minimum absolute atomic E-state index is 0.0288. The first kappa shape index (κ1) is 19.2. The maximum Gasteiger partial charge on any atom is 0.305 e. The van der Waals surface area contributed by atoms with Gasteiger partial charge in [-0.25, -0.2) is 0 Å². The molecule has 0 aromatic rings. The highest BCUT2D eigenvalue weighted by Gasteiger charge is 2.12. The van der Waals surface area contributed by atoms with Crippen LogP contribution in [-0.4, -0.2) is 44.6 Å². The minimum atomic E-state index is -0.948. The smallest absolute Gasteiger partial charge is 0.305 e. The maximum absolute atomic E-state index is 9.95. The molecule has 0 saturated heterocycles. The molecule has 0 fully saturated rings. The van der Waals surface area contributed by atoms with Crippen LogP contribution in [0.15, 0.2) is 0 Å². The summed E-state index contributed by atoms with van der Waals surface area (Å²) in [7, 11) is 0. The van der Waals surface area contributed by atoms with E-state index in [4.69, 9.17) is 20.4 Å². The van der Waals surface area contributed by atoms with Gasteiger partial charge in [0.15, 0.2) is 0 Å². The van der Waals surface area contributed by atoms with E-state index in [1.807, 2.05) is 0 Å². The summed E-state index contributed by atoms with van der Waals surface area (Å²) in [5, 5.41) is 34.2. The van der Waals surface area contributed by atoms with Crippen molar-refractivity contribution in [2.45, 2.75) is 52.7 Å². The van der Waals surface area contributed by atoms with Crippen molar-refractivity contribution in [3.8, 4) is 0 Å². The van der Waals surface area contributed by atoms with Crippen LogP contribution < -0.4 is 0 Å². The van der Waals surface area contributed by atoms with Gasteiger partial charge in [-0.1, -0.05) is 27.7 Å². The first-order valence-electron chi connectivity index (χ1n) is 5.87. The fraction of sp³-hybridized carbons (Fsp3) is 0.833. The number of rotatable bonds is 6. The second-order valence-corrected chi connectivity index (χ2v) is 4.82. The lowest BCUT2D eigenvalue weighted by atomic mass is 10.1. The van der Waals surface area contributed by atoms with E-state index in [9.17, 15) is 9.59 Å². The van der Waals surface area contributed by atoms with Crippen molar-refractivity contribution in [1.29, 1.82) is 0 Å². The highest BCUT2D eigenvalue weighted by Crippen LogP contribution is 2.04. The lowest BCUT2D eigenvalue weighted by Crippen LogP contribution is -2.18. The number of carboxylic acids is 2. The SMILES string of the molecule is CC(C)C(O)CC(=O)O.CC(C)C(O)CC(=O)O. The Balaban J connectivity index is 0. The van der Waals surface area contributed by atoms with E-state index in [0.717, 1.165) is 0 Å². The molecule has 18 heavy (non-hydrogen) atoms. The van der Waals surface area contributed by atoms with Crippen LogP contribution >= 0.6 is 0 Å². The lowest BCUT2D eigenvalue weighted by Gasteiger charge is -2.10. The summed E-state index contributed by atoms with van der Waals surface area (Å²) in [6.07, 6.45) is -1.72. The molecule has 0 radical (unpaired) electrons. The van der Waals surface area contributed by atoms with Crippen LogP contribution in [-0.2, 0) is 9.59 Å². The van der Waals surface area contributed by atoms with Gasteiger partial charge < -0.3 is 20.4 Å². The van der Waals surface area contributed by atoms with E-state index in [0.29, 0.717) is 0 Å². The first-order valence-corrected chi connectivity index (χ1v) is 5.87. The number of hydrogen-bond donors (Lipinski definition) is 4. The number of aliphatic hydroxyl groups is 2. The predicted molar refractivity (Wildman–Crippen MR) is 66.2 cm³/mol. The summed E-state index contributed by atoms with van der Waals surface area (Å²) in [5.74, 6) is -1.84.